The molecule has 0 saturated carbocycles. The monoisotopic (exact) mass is 276 g/mol. The van der Waals surface area contributed by atoms with E-state index in [0.717, 1.165) is 11.4 Å². The van der Waals surface area contributed by atoms with Crippen molar-refractivity contribution < 1.29 is 8.42 Å². The van der Waals surface area contributed by atoms with Crippen LogP contribution < -0.4 is 5.32 Å². The third-order valence-corrected chi connectivity index (χ3v) is 5.63. The van der Waals surface area contributed by atoms with Crippen LogP contribution in [0.5, 0.6) is 0 Å². The Morgan fingerprint density at radius 2 is 2.24 bits per heavy atom. The lowest BCUT2D eigenvalue weighted by molar-refractivity contribution is 0.457. The lowest BCUT2D eigenvalue weighted by Crippen LogP contribution is -2.39. The molecule has 0 bridgehead atoms. The van der Waals surface area contributed by atoms with Crippen molar-refractivity contribution >= 4 is 21.4 Å². The molecule has 1 rings (SSSR count). The molecule has 0 spiro atoms. The van der Waals surface area contributed by atoms with Crippen molar-refractivity contribution in [3.8, 4) is 0 Å². The molecule has 17 heavy (non-hydrogen) atoms. The highest BCUT2D eigenvalue weighted by molar-refractivity contribution is 7.89. The van der Waals surface area contributed by atoms with Gasteiger partial charge in [0, 0.05) is 25.0 Å². The van der Waals surface area contributed by atoms with Gasteiger partial charge in [0.15, 0.2) is 0 Å². The lowest BCUT2D eigenvalue weighted by atomic mass is 10.5. The Kier molecular flexibility index (Phi) is 5.58. The van der Waals surface area contributed by atoms with E-state index in [-0.39, 0.29) is 0 Å². The summed E-state index contributed by atoms with van der Waals surface area (Å²) in [5.41, 5.74) is 0. The topological polar surface area (TPSA) is 49.4 Å². The molecule has 0 aliphatic heterocycles. The van der Waals surface area contributed by atoms with E-state index < -0.39 is 15.3 Å². The van der Waals surface area contributed by atoms with Gasteiger partial charge in [0.2, 0.25) is 10.0 Å². The van der Waals surface area contributed by atoms with Crippen LogP contribution in [0.1, 0.15) is 18.7 Å². The fourth-order valence-corrected chi connectivity index (χ4v) is 3.57. The number of rotatable bonds is 7. The SMILES string of the molecule is CCNCC(C)S(=O)(=O)N(C)Cc1cccs1. The number of nitrogens with one attached hydrogen (secondary N) is 1. The van der Waals surface area contributed by atoms with Crippen LogP contribution in [0.25, 0.3) is 0 Å². The van der Waals surface area contributed by atoms with E-state index in [1.165, 1.54) is 4.31 Å². The Balaban J connectivity index is 2.63. The summed E-state index contributed by atoms with van der Waals surface area (Å²) in [4.78, 5) is 1.06. The van der Waals surface area contributed by atoms with E-state index in [0.29, 0.717) is 13.1 Å². The molecule has 0 aliphatic carbocycles. The summed E-state index contributed by atoms with van der Waals surface area (Å²) in [7, 11) is -1.57. The van der Waals surface area contributed by atoms with E-state index in [1.807, 2.05) is 24.4 Å². The third kappa shape index (κ3) is 4.06. The molecule has 98 valence electrons. The zero-order valence-corrected chi connectivity index (χ0v) is 12.1. The van der Waals surface area contributed by atoms with Gasteiger partial charge < -0.3 is 5.32 Å². The predicted molar refractivity (Wildman–Crippen MR) is 72.7 cm³/mol. The first-order chi connectivity index (χ1) is 7.98. The largest absolute Gasteiger partial charge is 0.316 e. The van der Waals surface area contributed by atoms with Crippen LogP contribution in [0.3, 0.4) is 0 Å². The molecule has 1 unspecified atom stereocenters. The summed E-state index contributed by atoms with van der Waals surface area (Å²) >= 11 is 1.58. The van der Waals surface area contributed by atoms with Crippen LogP contribution in [0, 0.1) is 0 Å². The van der Waals surface area contributed by atoms with E-state index in [4.69, 9.17) is 0 Å². The van der Waals surface area contributed by atoms with Gasteiger partial charge in [-0.3, -0.25) is 0 Å². The Morgan fingerprint density at radius 1 is 1.53 bits per heavy atom. The molecule has 1 N–H and O–H groups in total. The molecule has 4 nitrogen and oxygen atoms in total. The van der Waals surface area contributed by atoms with Crippen molar-refractivity contribution in [2.24, 2.45) is 0 Å². The first-order valence-electron chi connectivity index (χ1n) is 5.66. The van der Waals surface area contributed by atoms with Crippen LogP contribution in [0.2, 0.25) is 0 Å². The molecule has 0 aliphatic rings. The summed E-state index contributed by atoms with van der Waals surface area (Å²) < 4.78 is 25.7. The van der Waals surface area contributed by atoms with Gasteiger partial charge in [0.05, 0.1) is 5.25 Å². The van der Waals surface area contributed by atoms with Crippen LogP contribution >= 0.6 is 11.3 Å². The summed E-state index contributed by atoms with van der Waals surface area (Å²) in [6.45, 7) is 5.44. The minimum Gasteiger partial charge on any atom is -0.316 e. The minimum atomic E-state index is -3.21. The number of hydrogen-bond acceptors (Lipinski definition) is 4. The summed E-state index contributed by atoms with van der Waals surface area (Å²) in [5, 5.41) is 4.62. The predicted octanol–water partition coefficient (Wildman–Crippen LogP) is 1.51. The van der Waals surface area contributed by atoms with Crippen LogP contribution in [0.4, 0.5) is 0 Å². The molecule has 6 heteroatoms. The number of nitrogens with zero attached hydrogens (tertiary/aromatic N) is 1. The molecule has 0 aromatic carbocycles. The molecular weight excluding hydrogens is 256 g/mol. The molecule has 1 aromatic rings. The van der Waals surface area contributed by atoms with Crippen molar-refractivity contribution in [1.82, 2.24) is 9.62 Å². The minimum absolute atomic E-state index is 0.396. The second kappa shape index (κ2) is 6.49. The summed E-state index contributed by atoms with van der Waals surface area (Å²) in [5.74, 6) is 0. The highest BCUT2D eigenvalue weighted by Crippen LogP contribution is 2.15. The Bertz CT molecular complexity index is 415. The van der Waals surface area contributed by atoms with Crippen molar-refractivity contribution in [3.05, 3.63) is 22.4 Å². The van der Waals surface area contributed by atoms with Gasteiger partial charge in [0.1, 0.15) is 0 Å². The van der Waals surface area contributed by atoms with Gasteiger partial charge in [-0.1, -0.05) is 13.0 Å². The first-order valence-corrected chi connectivity index (χ1v) is 8.05. The normalized spacial score (nSPS) is 14.1. The van der Waals surface area contributed by atoms with Crippen molar-refractivity contribution in [3.63, 3.8) is 0 Å². The Morgan fingerprint density at radius 3 is 2.76 bits per heavy atom. The molecule has 0 radical (unpaired) electrons. The third-order valence-electron chi connectivity index (χ3n) is 2.58. The fraction of sp³-hybridized carbons (Fsp3) is 0.636. The molecule has 0 amide bonds. The quantitative estimate of drug-likeness (QED) is 0.821. The number of thiophene rings is 1. The molecule has 1 aromatic heterocycles. The highest BCUT2D eigenvalue weighted by Gasteiger charge is 2.25. The van der Waals surface area contributed by atoms with Crippen molar-refractivity contribution in [1.29, 1.82) is 0 Å². The highest BCUT2D eigenvalue weighted by atomic mass is 32.2. The molecule has 0 fully saturated rings. The van der Waals surface area contributed by atoms with Gasteiger partial charge in [0.25, 0.3) is 0 Å². The molecule has 1 heterocycles. The Labute approximate surface area is 108 Å². The summed E-state index contributed by atoms with van der Waals surface area (Å²) in [6, 6.07) is 3.88. The summed E-state index contributed by atoms with van der Waals surface area (Å²) in [6.07, 6.45) is 0. The Hall–Kier alpha value is -0.430. The van der Waals surface area contributed by atoms with Gasteiger partial charge in [-0.25, -0.2) is 8.42 Å². The maximum atomic E-state index is 12.2. The second-order valence-corrected chi connectivity index (χ2v) is 7.49. The molecule has 0 saturated heterocycles. The van der Waals surface area contributed by atoms with Crippen molar-refractivity contribution in [2.45, 2.75) is 25.6 Å². The smallest absolute Gasteiger partial charge is 0.218 e. The van der Waals surface area contributed by atoms with Crippen LogP contribution in [-0.2, 0) is 16.6 Å². The van der Waals surface area contributed by atoms with Gasteiger partial charge >= 0.3 is 0 Å². The number of hydrogen-bond donors (Lipinski definition) is 1. The maximum Gasteiger partial charge on any atom is 0.218 e. The number of sulfonamides is 1. The maximum absolute atomic E-state index is 12.2. The molecule has 1 atom stereocenters. The zero-order chi connectivity index (χ0) is 12.9. The van der Waals surface area contributed by atoms with Gasteiger partial charge in [-0.2, -0.15) is 4.31 Å². The second-order valence-electron chi connectivity index (χ2n) is 4.00. The average molecular weight is 276 g/mol. The average Bonchev–Trinajstić information content (AvgIpc) is 2.78. The van der Waals surface area contributed by atoms with E-state index in [1.54, 1.807) is 25.3 Å². The zero-order valence-electron chi connectivity index (χ0n) is 10.5. The first kappa shape index (κ1) is 14.6. The van der Waals surface area contributed by atoms with E-state index in [2.05, 4.69) is 5.32 Å². The van der Waals surface area contributed by atoms with Crippen LogP contribution in [0.15, 0.2) is 17.5 Å². The van der Waals surface area contributed by atoms with Gasteiger partial charge in [-0.15, -0.1) is 11.3 Å². The lowest BCUT2D eigenvalue weighted by Gasteiger charge is -2.21. The fourth-order valence-electron chi connectivity index (χ4n) is 1.47. The van der Waals surface area contributed by atoms with Crippen molar-refractivity contribution in [2.75, 3.05) is 20.1 Å². The standard InChI is InChI=1S/C11H20N2O2S2/c1-4-12-8-10(2)17(14,15)13(3)9-11-6-5-7-16-11/h5-7,10,12H,4,8-9H2,1-3H3. The van der Waals surface area contributed by atoms with Gasteiger partial charge in [-0.05, 0) is 24.9 Å². The van der Waals surface area contributed by atoms with E-state index >= 15 is 0 Å². The van der Waals surface area contributed by atoms with E-state index in [9.17, 15) is 8.42 Å². The van der Waals surface area contributed by atoms with Crippen LogP contribution in [-0.4, -0.2) is 38.1 Å². The molecular formula is C11H20N2O2S2.